The van der Waals surface area contributed by atoms with Gasteiger partial charge in [0.25, 0.3) is 0 Å². The van der Waals surface area contributed by atoms with Crippen LogP contribution in [0.4, 0.5) is 0 Å². The van der Waals surface area contributed by atoms with E-state index in [1.165, 1.54) is 17.1 Å². The summed E-state index contributed by atoms with van der Waals surface area (Å²) >= 11 is 1.39. The summed E-state index contributed by atoms with van der Waals surface area (Å²) in [5.74, 6) is 0. The maximum atomic E-state index is 3.99. The zero-order chi connectivity index (χ0) is 10.5. The summed E-state index contributed by atoms with van der Waals surface area (Å²) in [4.78, 5) is 0. The second kappa shape index (κ2) is 5.00. The van der Waals surface area contributed by atoms with Gasteiger partial charge >= 0.3 is 0 Å². The summed E-state index contributed by atoms with van der Waals surface area (Å²) in [6, 6.07) is 10.7. The normalized spacial score (nSPS) is 12.6. The number of hydrogen-bond donors (Lipinski definition) is 1. The maximum Gasteiger partial charge on any atom is 0.0893 e. The molecule has 78 valence electrons. The average Bonchev–Trinajstić information content (AvgIpc) is 2.80. The molecule has 0 saturated heterocycles. The lowest BCUT2D eigenvalue weighted by atomic mass is 10.1. The molecular weight excluding hydrogens is 206 g/mol. The summed E-state index contributed by atoms with van der Waals surface area (Å²) in [5.41, 5.74) is 2.29. The first-order valence-corrected chi connectivity index (χ1v) is 5.74. The van der Waals surface area contributed by atoms with Gasteiger partial charge in [-0.25, -0.2) is 0 Å². The molecule has 0 aliphatic heterocycles. The predicted octanol–water partition coefficient (Wildman–Crippen LogP) is 2.39. The molecule has 1 N–H and O–H groups in total. The van der Waals surface area contributed by atoms with Crippen molar-refractivity contribution in [3.05, 3.63) is 47.0 Å². The molecule has 1 aromatic carbocycles. The SMILES string of the molecule is C[C@@H](NCc1csnn1)c1ccccc1. The molecule has 2 rings (SSSR count). The Bertz CT molecular complexity index is 385. The Morgan fingerprint density at radius 3 is 2.80 bits per heavy atom. The van der Waals surface area contributed by atoms with Crippen molar-refractivity contribution < 1.29 is 0 Å². The minimum atomic E-state index is 0.341. The van der Waals surface area contributed by atoms with E-state index in [0.29, 0.717) is 6.04 Å². The van der Waals surface area contributed by atoms with Gasteiger partial charge in [0.15, 0.2) is 0 Å². The van der Waals surface area contributed by atoms with Gasteiger partial charge in [-0.3, -0.25) is 0 Å². The van der Waals surface area contributed by atoms with E-state index in [2.05, 4.69) is 46.1 Å². The number of rotatable bonds is 4. The van der Waals surface area contributed by atoms with Gasteiger partial charge in [0.2, 0.25) is 0 Å². The van der Waals surface area contributed by atoms with Crippen molar-refractivity contribution in [2.45, 2.75) is 19.5 Å². The molecule has 0 aliphatic carbocycles. The standard InChI is InChI=1S/C11H13N3S/c1-9(10-5-3-2-4-6-10)12-7-11-8-15-14-13-11/h2-6,8-9,12H,7H2,1H3/t9-/m1/s1. The van der Waals surface area contributed by atoms with Gasteiger partial charge < -0.3 is 5.32 Å². The van der Waals surface area contributed by atoms with Crippen LogP contribution in [0.2, 0.25) is 0 Å². The van der Waals surface area contributed by atoms with Crippen LogP contribution >= 0.6 is 11.5 Å². The van der Waals surface area contributed by atoms with Crippen LogP contribution in [0.25, 0.3) is 0 Å². The van der Waals surface area contributed by atoms with Crippen molar-refractivity contribution in [2.75, 3.05) is 0 Å². The summed E-state index contributed by atoms with van der Waals surface area (Å²) < 4.78 is 3.82. The van der Waals surface area contributed by atoms with E-state index < -0.39 is 0 Å². The molecule has 0 bridgehead atoms. The van der Waals surface area contributed by atoms with Gasteiger partial charge in [-0.15, -0.1) is 5.10 Å². The van der Waals surface area contributed by atoms with Gasteiger partial charge in [-0.05, 0) is 24.0 Å². The fourth-order valence-electron chi connectivity index (χ4n) is 1.38. The Hall–Kier alpha value is -1.26. The quantitative estimate of drug-likeness (QED) is 0.858. The summed E-state index contributed by atoms with van der Waals surface area (Å²) in [7, 11) is 0. The van der Waals surface area contributed by atoms with Crippen molar-refractivity contribution >= 4 is 11.5 Å². The number of aromatic nitrogens is 2. The first-order chi connectivity index (χ1) is 7.36. The van der Waals surface area contributed by atoms with Gasteiger partial charge in [0.1, 0.15) is 0 Å². The largest absolute Gasteiger partial charge is 0.304 e. The van der Waals surface area contributed by atoms with Crippen molar-refractivity contribution in [1.82, 2.24) is 14.9 Å². The Balaban J connectivity index is 1.90. The smallest absolute Gasteiger partial charge is 0.0893 e. The van der Waals surface area contributed by atoms with Crippen molar-refractivity contribution in [3.63, 3.8) is 0 Å². The number of nitrogens with one attached hydrogen (secondary N) is 1. The fraction of sp³-hybridized carbons (Fsp3) is 0.273. The topological polar surface area (TPSA) is 37.8 Å². The van der Waals surface area contributed by atoms with E-state index in [9.17, 15) is 0 Å². The van der Waals surface area contributed by atoms with Crippen LogP contribution in [0.15, 0.2) is 35.7 Å². The molecule has 1 heterocycles. The van der Waals surface area contributed by atoms with Gasteiger partial charge in [-0.1, -0.05) is 34.8 Å². The average molecular weight is 219 g/mol. The van der Waals surface area contributed by atoms with Gasteiger partial charge in [0.05, 0.1) is 5.69 Å². The maximum absolute atomic E-state index is 3.99. The van der Waals surface area contributed by atoms with Gasteiger partial charge in [-0.2, -0.15) is 0 Å². The zero-order valence-corrected chi connectivity index (χ0v) is 9.37. The number of nitrogens with zero attached hydrogens (tertiary/aromatic N) is 2. The molecule has 0 radical (unpaired) electrons. The van der Waals surface area contributed by atoms with Crippen LogP contribution in [0.1, 0.15) is 24.2 Å². The molecule has 4 heteroatoms. The molecule has 1 aromatic heterocycles. The van der Waals surface area contributed by atoms with E-state index >= 15 is 0 Å². The lowest BCUT2D eigenvalue weighted by Crippen LogP contribution is -2.18. The molecule has 1 atom stereocenters. The van der Waals surface area contributed by atoms with Crippen LogP contribution in [0, 0.1) is 0 Å². The molecule has 0 unspecified atom stereocenters. The van der Waals surface area contributed by atoms with E-state index in [1.54, 1.807) is 0 Å². The van der Waals surface area contributed by atoms with E-state index in [0.717, 1.165) is 12.2 Å². The molecule has 0 fully saturated rings. The Kier molecular flexibility index (Phi) is 3.42. The van der Waals surface area contributed by atoms with E-state index in [-0.39, 0.29) is 0 Å². The fourth-order valence-corrected chi connectivity index (χ4v) is 1.83. The van der Waals surface area contributed by atoms with E-state index in [4.69, 9.17) is 0 Å². The Morgan fingerprint density at radius 2 is 2.13 bits per heavy atom. The Labute approximate surface area is 93.3 Å². The molecule has 0 aliphatic rings. The molecule has 0 amide bonds. The molecule has 2 aromatic rings. The van der Waals surface area contributed by atoms with Crippen LogP contribution in [0.5, 0.6) is 0 Å². The van der Waals surface area contributed by atoms with Crippen molar-refractivity contribution in [3.8, 4) is 0 Å². The second-order valence-corrected chi connectivity index (χ2v) is 4.02. The second-order valence-electron chi connectivity index (χ2n) is 3.41. The molecule has 3 nitrogen and oxygen atoms in total. The number of benzene rings is 1. The summed E-state index contributed by atoms with van der Waals surface area (Å²) in [5, 5.41) is 9.36. The highest BCUT2D eigenvalue weighted by Gasteiger charge is 2.04. The third kappa shape index (κ3) is 2.84. The molecule has 15 heavy (non-hydrogen) atoms. The third-order valence-electron chi connectivity index (χ3n) is 2.29. The molecular formula is C11H13N3S. The van der Waals surface area contributed by atoms with E-state index in [1.807, 2.05) is 11.4 Å². The minimum absolute atomic E-state index is 0.341. The van der Waals surface area contributed by atoms with Crippen molar-refractivity contribution in [2.24, 2.45) is 0 Å². The highest BCUT2D eigenvalue weighted by Crippen LogP contribution is 2.11. The highest BCUT2D eigenvalue weighted by atomic mass is 32.1. The number of hydrogen-bond acceptors (Lipinski definition) is 4. The first kappa shape index (κ1) is 10.3. The first-order valence-electron chi connectivity index (χ1n) is 4.90. The molecule has 0 spiro atoms. The predicted molar refractivity (Wildman–Crippen MR) is 61.6 cm³/mol. The molecule has 0 saturated carbocycles. The highest BCUT2D eigenvalue weighted by molar-refractivity contribution is 7.03. The summed E-state index contributed by atoms with van der Waals surface area (Å²) in [6.07, 6.45) is 0. The van der Waals surface area contributed by atoms with Crippen LogP contribution < -0.4 is 5.32 Å². The lowest BCUT2D eigenvalue weighted by molar-refractivity contribution is 0.567. The van der Waals surface area contributed by atoms with Crippen LogP contribution in [-0.2, 0) is 6.54 Å². The summed E-state index contributed by atoms with van der Waals surface area (Å²) in [6.45, 7) is 2.92. The van der Waals surface area contributed by atoms with Crippen LogP contribution in [-0.4, -0.2) is 9.59 Å². The van der Waals surface area contributed by atoms with Crippen molar-refractivity contribution in [1.29, 1.82) is 0 Å². The zero-order valence-electron chi connectivity index (χ0n) is 8.55. The van der Waals surface area contributed by atoms with Gasteiger partial charge in [0, 0.05) is 18.0 Å². The third-order valence-corrected chi connectivity index (χ3v) is 2.85. The minimum Gasteiger partial charge on any atom is -0.304 e. The van der Waals surface area contributed by atoms with Crippen LogP contribution in [0.3, 0.4) is 0 Å². The monoisotopic (exact) mass is 219 g/mol. The lowest BCUT2D eigenvalue weighted by Gasteiger charge is -2.12. The Morgan fingerprint density at radius 1 is 1.33 bits per heavy atom.